The van der Waals surface area contributed by atoms with Crippen LogP contribution >= 0.6 is 0 Å². The highest BCUT2D eigenvalue weighted by molar-refractivity contribution is 5.16. The molecule has 0 aliphatic carbocycles. The van der Waals surface area contributed by atoms with Gasteiger partial charge in [-0.15, -0.1) is 0 Å². The van der Waals surface area contributed by atoms with Crippen LogP contribution in [0, 0.1) is 6.92 Å². The summed E-state index contributed by atoms with van der Waals surface area (Å²) in [6.07, 6.45) is 0.906. The van der Waals surface area contributed by atoms with Gasteiger partial charge in [-0.2, -0.15) is 0 Å². The zero-order valence-electron chi connectivity index (χ0n) is 8.14. The van der Waals surface area contributed by atoms with E-state index in [1.807, 2.05) is 11.6 Å². The van der Waals surface area contributed by atoms with Crippen molar-refractivity contribution < 1.29 is 0 Å². The SMILES string of the molecule is CCc1c(C)c(=O)[nH]n1C(C)C. The average molecular weight is 168 g/mol. The molecule has 3 nitrogen and oxygen atoms in total. The van der Waals surface area contributed by atoms with E-state index in [1.165, 1.54) is 0 Å². The van der Waals surface area contributed by atoms with E-state index in [2.05, 4.69) is 25.9 Å². The van der Waals surface area contributed by atoms with Crippen molar-refractivity contribution in [2.75, 3.05) is 0 Å². The van der Waals surface area contributed by atoms with Gasteiger partial charge in [0.25, 0.3) is 5.56 Å². The second kappa shape index (κ2) is 3.17. The summed E-state index contributed by atoms with van der Waals surface area (Å²) in [4.78, 5) is 11.2. The number of nitrogens with zero attached hydrogens (tertiary/aromatic N) is 1. The summed E-state index contributed by atoms with van der Waals surface area (Å²) in [7, 11) is 0. The average Bonchev–Trinajstić information content (AvgIpc) is 2.29. The first-order chi connectivity index (χ1) is 5.57. The molecule has 0 saturated carbocycles. The maximum absolute atomic E-state index is 11.2. The molecule has 0 spiro atoms. The molecule has 12 heavy (non-hydrogen) atoms. The molecule has 0 fully saturated rings. The molecule has 0 aliphatic rings. The smallest absolute Gasteiger partial charge is 0.267 e. The second-order valence-electron chi connectivity index (χ2n) is 3.33. The Bertz CT molecular complexity index is 320. The van der Waals surface area contributed by atoms with E-state index < -0.39 is 0 Å². The molecular formula is C9H16N2O. The first kappa shape index (κ1) is 9.10. The lowest BCUT2D eigenvalue weighted by Crippen LogP contribution is -2.09. The van der Waals surface area contributed by atoms with Crippen molar-refractivity contribution in [3.63, 3.8) is 0 Å². The fraction of sp³-hybridized carbons (Fsp3) is 0.667. The van der Waals surface area contributed by atoms with Gasteiger partial charge in [0.1, 0.15) is 0 Å². The van der Waals surface area contributed by atoms with Gasteiger partial charge in [0.15, 0.2) is 0 Å². The van der Waals surface area contributed by atoms with Gasteiger partial charge in [-0.3, -0.25) is 14.6 Å². The zero-order valence-corrected chi connectivity index (χ0v) is 8.14. The van der Waals surface area contributed by atoms with Crippen LogP contribution in [0.1, 0.15) is 38.1 Å². The minimum absolute atomic E-state index is 0.0422. The molecule has 1 heterocycles. The summed E-state index contributed by atoms with van der Waals surface area (Å²) >= 11 is 0. The van der Waals surface area contributed by atoms with E-state index in [9.17, 15) is 4.79 Å². The minimum Gasteiger partial charge on any atom is -0.286 e. The number of aromatic amines is 1. The first-order valence-electron chi connectivity index (χ1n) is 4.37. The van der Waals surface area contributed by atoms with Gasteiger partial charge in [-0.05, 0) is 27.2 Å². The van der Waals surface area contributed by atoms with Crippen LogP contribution in [-0.4, -0.2) is 9.78 Å². The molecular weight excluding hydrogens is 152 g/mol. The molecule has 0 aromatic carbocycles. The fourth-order valence-corrected chi connectivity index (χ4v) is 1.45. The monoisotopic (exact) mass is 168 g/mol. The van der Waals surface area contributed by atoms with Crippen molar-refractivity contribution in [2.24, 2.45) is 0 Å². The third-order valence-corrected chi connectivity index (χ3v) is 2.14. The zero-order chi connectivity index (χ0) is 9.30. The number of hydrogen-bond donors (Lipinski definition) is 1. The molecule has 0 unspecified atom stereocenters. The van der Waals surface area contributed by atoms with Crippen molar-refractivity contribution in [1.29, 1.82) is 0 Å². The highest BCUT2D eigenvalue weighted by Crippen LogP contribution is 2.09. The molecule has 0 radical (unpaired) electrons. The standard InChI is InChI=1S/C9H16N2O/c1-5-8-7(4)9(12)10-11(8)6(2)3/h6H,5H2,1-4H3,(H,10,12). The Balaban J connectivity index is 3.29. The number of hydrogen-bond acceptors (Lipinski definition) is 1. The van der Waals surface area contributed by atoms with Crippen LogP contribution in [0.3, 0.4) is 0 Å². The third-order valence-electron chi connectivity index (χ3n) is 2.14. The topological polar surface area (TPSA) is 37.8 Å². The van der Waals surface area contributed by atoms with Crippen LogP contribution in [0.2, 0.25) is 0 Å². The molecule has 1 N–H and O–H groups in total. The van der Waals surface area contributed by atoms with Gasteiger partial charge in [0, 0.05) is 17.3 Å². The van der Waals surface area contributed by atoms with Crippen LogP contribution in [0.25, 0.3) is 0 Å². The van der Waals surface area contributed by atoms with Crippen LogP contribution in [-0.2, 0) is 6.42 Å². The van der Waals surface area contributed by atoms with Crippen LogP contribution < -0.4 is 5.56 Å². The summed E-state index contributed by atoms with van der Waals surface area (Å²) in [6, 6.07) is 0.335. The third kappa shape index (κ3) is 1.31. The number of H-pyrrole nitrogens is 1. The fourth-order valence-electron chi connectivity index (χ4n) is 1.45. The van der Waals surface area contributed by atoms with E-state index in [4.69, 9.17) is 0 Å². The first-order valence-corrected chi connectivity index (χ1v) is 4.37. The number of aromatic nitrogens is 2. The Morgan fingerprint density at radius 2 is 2.08 bits per heavy atom. The summed E-state index contributed by atoms with van der Waals surface area (Å²) in [5.41, 5.74) is 2.02. The highest BCUT2D eigenvalue weighted by Gasteiger charge is 2.10. The van der Waals surface area contributed by atoms with E-state index in [0.29, 0.717) is 6.04 Å². The quantitative estimate of drug-likeness (QED) is 0.716. The van der Waals surface area contributed by atoms with Crippen molar-refractivity contribution in [3.8, 4) is 0 Å². The van der Waals surface area contributed by atoms with Crippen molar-refractivity contribution >= 4 is 0 Å². The Morgan fingerprint density at radius 1 is 1.50 bits per heavy atom. The predicted octanol–water partition coefficient (Wildman–Crippen LogP) is 1.63. The minimum atomic E-state index is 0.0422. The van der Waals surface area contributed by atoms with Gasteiger partial charge >= 0.3 is 0 Å². The maximum Gasteiger partial charge on any atom is 0.267 e. The number of nitrogens with one attached hydrogen (secondary N) is 1. The molecule has 0 saturated heterocycles. The molecule has 0 bridgehead atoms. The highest BCUT2D eigenvalue weighted by atomic mass is 16.1. The molecule has 1 aromatic heterocycles. The molecule has 0 amide bonds. The molecule has 1 aromatic rings. The summed E-state index contributed by atoms with van der Waals surface area (Å²) < 4.78 is 1.94. The molecule has 3 heteroatoms. The summed E-state index contributed by atoms with van der Waals surface area (Å²) in [6.45, 7) is 8.06. The van der Waals surface area contributed by atoms with Gasteiger partial charge in [0.05, 0.1) is 0 Å². The second-order valence-corrected chi connectivity index (χ2v) is 3.33. The summed E-state index contributed by atoms with van der Waals surface area (Å²) in [5, 5.41) is 2.82. The predicted molar refractivity (Wildman–Crippen MR) is 49.6 cm³/mol. The molecule has 0 atom stereocenters. The largest absolute Gasteiger partial charge is 0.286 e. The van der Waals surface area contributed by atoms with E-state index in [-0.39, 0.29) is 5.56 Å². The van der Waals surface area contributed by atoms with Gasteiger partial charge in [0.2, 0.25) is 0 Å². The van der Waals surface area contributed by atoms with Crippen LogP contribution in [0.5, 0.6) is 0 Å². The Labute approximate surface area is 72.4 Å². The van der Waals surface area contributed by atoms with Crippen molar-refractivity contribution in [3.05, 3.63) is 21.6 Å². The van der Waals surface area contributed by atoms with E-state index in [0.717, 1.165) is 17.7 Å². The van der Waals surface area contributed by atoms with Gasteiger partial charge in [-0.25, -0.2) is 0 Å². The lowest BCUT2D eigenvalue weighted by Gasteiger charge is -2.10. The van der Waals surface area contributed by atoms with Crippen molar-refractivity contribution in [2.45, 2.75) is 40.2 Å². The Morgan fingerprint density at radius 3 is 2.42 bits per heavy atom. The molecule has 1 rings (SSSR count). The Kier molecular flexibility index (Phi) is 2.40. The van der Waals surface area contributed by atoms with Crippen molar-refractivity contribution in [1.82, 2.24) is 9.78 Å². The Hall–Kier alpha value is -0.990. The molecule has 0 aliphatic heterocycles. The van der Waals surface area contributed by atoms with Crippen LogP contribution in [0.4, 0.5) is 0 Å². The number of rotatable bonds is 2. The summed E-state index contributed by atoms with van der Waals surface area (Å²) in [5.74, 6) is 0. The van der Waals surface area contributed by atoms with Gasteiger partial charge < -0.3 is 0 Å². The lowest BCUT2D eigenvalue weighted by molar-refractivity contribution is 0.508. The van der Waals surface area contributed by atoms with E-state index >= 15 is 0 Å². The normalized spacial score (nSPS) is 11.1. The lowest BCUT2D eigenvalue weighted by atomic mass is 10.2. The molecule has 68 valence electrons. The van der Waals surface area contributed by atoms with Gasteiger partial charge in [-0.1, -0.05) is 6.92 Å². The maximum atomic E-state index is 11.2. The van der Waals surface area contributed by atoms with Crippen LogP contribution in [0.15, 0.2) is 4.79 Å². The van der Waals surface area contributed by atoms with E-state index in [1.54, 1.807) is 0 Å².